The lowest BCUT2D eigenvalue weighted by molar-refractivity contribution is 0.541. The number of hydrogen-bond donors (Lipinski definition) is 2. The van der Waals surface area contributed by atoms with Crippen molar-refractivity contribution < 1.29 is 4.42 Å². The van der Waals surface area contributed by atoms with Gasteiger partial charge >= 0.3 is 5.76 Å². The highest BCUT2D eigenvalue weighted by molar-refractivity contribution is 5.72. The van der Waals surface area contributed by atoms with Crippen LogP contribution in [0.2, 0.25) is 0 Å². The summed E-state index contributed by atoms with van der Waals surface area (Å²) in [6.07, 6.45) is 0.898. The Morgan fingerprint density at radius 3 is 2.76 bits per heavy atom. The van der Waals surface area contributed by atoms with Crippen molar-refractivity contribution in [1.29, 1.82) is 0 Å². The van der Waals surface area contributed by atoms with E-state index >= 15 is 0 Å². The van der Waals surface area contributed by atoms with Gasteiger partial charge in [0.05, 0.1) is 5.52 Å². The van der Waals surface area contributed by atoms with Crippen LogP contribution in [0.25, 0.3) is 11.1 Å². The molecule has 0 saturated heterocycles. The quantitative estimate of drug-likeness (QED) is 0.756. The smallest absolute Gasteiger partial charge is 0.408 e. The van der Waals surface area contributed by atoms with E-state index in [0.717, 1.165) is 24.0 Å². The van der Waals surface area contributed by atoms with Crippen LogP contribution in [-0.4, -0.2) is 11.5 Å². The molecule has 4 heteroatoms. The molecule has 0 saturated carbocycles. The molecule has 0 aliphatic carbocycles. The Labute approximate surface area is 122 Å². The Morgan fingerprint density at radius 1 is 1.19 bits per heavy atom. The van der Waals surface area contributed by atoms with E-state index in [1.807, 2.05) is 36.4 Å². The Hall–Kier alpha value is -2.33. The van der Waals surface area contributed by atoms with Crippen LogP contribution >= 0.6 is 0 Å². The van der Waals surface area contributed by atoms with E-state index in [-0.39, 0.29) is 6.04 Å². The lowest BCUT2D eigenvalue weighted by Crippen LogP contribution is -2.22. The number of nitrogens with one attached hydrogen (secondary N) is 2. The minimum atomic E-state index is -0.412. The summed E-state index contributed by atoms with van der Waals surface area (Å²) in [5, 5.41) is 3.49. The summed E-state index contributed by atoms with van der Waals surface area (Å²) < 4.78 is 5.15. The molecular formula is C17H18N2O2. The van der Waals surface area contributed by atoms with E-state index in [0.29, 0.717) is 5.58 Å². The molecule has 3 rings (SSSR count). The van der Waals surface area contributed by atoms with Crippen LogP contribution in [0.1, 0.15) is 24.1 Å². The van der Waals surface area contributed by atoms with E-state index in [4.69, 9.17) is 4.42 Å². The number of benzene rings is 2. The third kappa shape index (κ3) is 3.06. The van der Waals surface area contributed by atoms with Gasteiger partial charge in [-0.2, -0.15) is 0 Å². The highest BCUT2D eigenvalue weighted by Gasteiger charge is 2.13. The Bertz CT molecular complexity index is 774. The maximum absolute atomic E-state index is 11.2. The largest absolute Gasteiger partial charge is 0.417 e. The predicted octanol–water partition coefficient (Wildman–Crippen LogP) is 3.01. The SMILES string of the molecule is CCNC(Cc1ccccc1)c1ccc2[nH]c(=O)oc2c1. The summed E-state index contributed by atoms with van der Waals surface area (Å²) in [7, 11) is 0. The number of aromatic amines is 1. The molecule has 1 unspecified atom stereocenters. The maximum Gasteiger partial charge on any atom is 0.417 e. The zero-order valence-corrected chi connectivity index (χ0v) is 11.9. The number of aromatic nitrogens is 1. The molecule has 1 heterocycles. The van der Waals surface area contributed by atoms with Crippen LogP contribution in [0.15, 0.2) is 57.7 Å². The molecule has 108 valence electrons. The Morgan fingerprint density at radius 2 is 2.00 bits per heavy atom. The molecule has 1 atom stereocenters. The number of H-pyrrole nitrogens is 1. The molecule has 0 spiro atoms. The third-order valence-electron chi connectivity index (χ3n) is 3.58. The van der Waals surface area contributed by atoms with Gasteiger partial charge in [-0.25, -0.2) is 4.79 Å². The van der Waals surface area contributed by atoms with Crippen molar-refractivity contribution in [1.82, 2.24) is 10.3 Å². The second-order valence-corrected chi connectivity index (χ2v) is 5.07. The van der Waals surface area contributed by atoms with Crippen molar-refractivity contribution >= 4 is 11.1 Å². The first-order chi connectivity index (χ1) is 10.3. The lowest BCUT2D eigenvalue weighted by Gasteiger charge is -2.18. The van der Waals surface area contributed by atoms with Crippen molar-refractivity contribution in [3.8, 4) is 0 Å². The minimum absolute atomic E-state index is 0.196. The molecule has 0 radical (unpaired) electrons. The molecule has 0 aliphatic rings. The van der Waals surface area contributed by atoms with Gasteiger partial charge in [-0.15, -0.1) is 0 Å². The molecular weight excluding hydrogens is 264 g/mol. The van der Waals surface area contributed by atoms with Crippen molar-refractivity contribution in [2.75, 3.05) is 6.54 Å². The van der Waals surface area contributed by atoms with Crippen molar-refractivity contribution in [3.63, 3.8) is 0 Å². The van der Waals surface area contributed by atoms with Gasteiger partial charge in [-0.05, 0) is 36.2 Å². The molecule has 0 aliphatic heterocycles. The van der Waals surface area contributed by atoms with E-state index in [2.05, 4.69) is 29.4 Å². The predicted molar refractivity (Wildman–Crippen MR) is 83.4 cm³/mol. The van der Waals surface area contributed by atoms with Gasteiger partial charge in [0.2, 0.25) is 0 Å². The summed E-state index contributed by atoms with van der Waals surface area (Å²) in [4.78, 5) is 13.9. The molecule has 1 aromatic heterocycles. The van der Waals surface area contributed by atoms with Gasteiger partial charge in [0.1, 0.15) is 0 Å². The number of oxazole rings is 1. The first-order valence-corrected chi connectivity index (χ1v) is 7.16. The fourth-order valence-electron chi connectivity index (χ4n) is 2.58. The molecule has 0 fully saturated rings. The summed E-state index contributed by atoms with van der Waals surface area (Å²) in [5.41, 5.74) is 3.74. The van der Waals surface area contributed by atoms with Crippen LogP contribution in [0.4, 0.5) is 0 Å². The first-order valence-electron chi connectivity index (χ1n) is 7.16. The number of fused-ring (bicyclic) bond motifs is 1. The Kier molecular flexibility index (Phi) is 3.88. The molecule has 0 amide bonds. The molecule has 4 nitrogen and oxygen atoms in total. The zero-order chi connectivity index (χ0) is 14.7. The first kappa shape index (κ1) is 13.6. The summed E-state index contributed by atoms with van der Waals surface area (Å²) in [6.45, 7) is 2.97. The van der Waals surface area contributed by atoms with Crippen LogP contribution in [0.5, 0.6) is 0 Å². The lowest BCUT2D eigenvalue weighted by atomic mass is 9.98. The van der Waals surface area contributed by atoms with E-state index < -0.39 is 5.76 Å². The van der Waals surface area contributed by atoms with Crippen LogP contribution in [0.3, 0.4) is 0 Å². The van der Waals surface area contributed by atoms with Crippen molar-refractivity contribution in [2.24, 2.45) is 0 Å². The second kappa shape index (κ2) is 5.97. The monoisotopic (exact) mass is 282 g/mol. The van der Waals surface area contributed by atoms with Crippen LogP contribution < -0.4 is 11.1 Å². The van der Waals surface area contributed by atoms with Crippen molar-refractivity contribution in [3.05, 3.63) is 70.2 Å². The zero-order valence-electron chi connectivity index (χ0n) is 11.9. The summed E-state index contributed by atoms with van der Waals surface area (Å²) in [5.74, 6) is -0.412. The topological polar surface area (TPSA) is 58.0 Å². The van der Waals surface area contributed by atoms with E-state index in [9.17, 15) is 4.79 Å². The standard InChI is InChI=1S/C17H18N2O2/c1-2-18-15(10-12-6-4-3-5-7-12)13-8-9-14-16(11-13)21-17(20)19-14/h3-9,11,15,18H,2,10H2,1H3,(H,19,20). The molecule has 2 N–H and O–H groups in total. The summed E-state index contributed by atoms with van der Waals surface area (Å²) >= 11 is 0. The molecule has 0 bridgehead atoms. The average Bonchev–Trinajstić information content (AvgIpc) is 2.87. The van der Waals surface area contributed by atoms with E-state index in [1.54, 1.807) is 0 Å². The normalized spacial score (nSPS) is 12.6. The van der Waals surface area contributed by atoms with Gasteiger partial charge in [-0.3, -0.25) is 4.98 Å². The number of rotatable bonds is 5. The molecule has 3 aromatic rings. The molecule has 21 heavy (non-hydrogen) atoms. The summed E-state index contributed by atoms with van der Waals surface area (Å²) in [6, 6.07) is 16.4. The second-order valence-electron chi connectivity index (χ2n) is 5.07. The Balaban J connectivity index is 1.92. The highest BCUT2D eigenvalue weighted by Crippen LogP contribution is 2.22. The highest BCUT2D eigenvalue weighted by atomic mass is 16.4. The number of hydrogen-bond acceptors (Lipinski definition) is 3. The van der Waals surface area contributed by atoms with Crippen LogP contribution in [0, 0.1) is 0 Å². The van der Waals surface area contributed by atoms with E-state index in [1.165, 1.54) is 5.56 Å². The maximum atomic E-state index is 11.2. The third-order valence-corrected chi connectivity index (χ3v) is 3.58. The van der Waals surface area contributed by atoms with Gasteiger partial charge in [0, 0.05) is 6.04 Å². The van der Waals surface area contributed by atoms with Gasteiger partial charge in [0.25, 0.3) is 0 Å². The molecule has 2 aromatic carbocycles. The van der Waals surface area contributed by atoms with Crippen LogP contribution in [-0.2, 0) is 6.42 Å². The fourth-order valence-corrected chi connectivity index (χ4v) is 2.58. The average molecular weight is 282 g/mol. The van der Waals surface area contributed by atoms with Gasteiger partial charge < -0.3 is 9.73 Å². The minimum Gasteiger partial charge on any atom is -0.408 e. The number of likely N-dealkylation sites (N-methyl/N-ethyl adjacent to an activating group) is 1. The van der Waals surface area contributed by atoms with Gasteiger partial charge in [-0.1, -0.05) is 43.3 Å². The van der Waals surface area contributed by atoms with Gasteiger partial charge in [0.15, 0.2) is 5.58 Å². The van der Waals surface area contributed by atoms with Crippen molar-refractivity contribution in [2.45, 2.75) is 19.4 Å². The fraction of sp³-hybridized carbons (Fsp3) is 0.235.